The Hall–Kier alpha value is -1.59. The Morgan fingerprint density at radius 3 is 2.35 bits per heavy atom. The highest BCUT2D eigenvalue weighted by Gasteiger charge is 2.26. The van der Waals surface area contributed by atoms with Gasteiger partial charge in [-0.15, -0.1) is 0 Å². The Morgan fingerprint density at radius 2 is 1.83 bits per heavy atom. The van der Waals surface area contributed by atoms with Gasteiger partial charge in [-0.1, -0.05) is 31.9 Å². The molecule has 0 aliphatic heterocycles. The minimum atomic E-state index is -0.573. The van der Waals surface area contributed by atoms with E-state index in [9.17, 15) is 9.59 Å². The van der Waals surface area contributed by atoms with E-state index in [1.807, 2.05) is 20.8 Å². The summed E-state index contributed by atoms with van der Waals surface area (Å²) in [6.07, 6.45) is 1.48. The second-order valence-electron chi connectivity index (χ2n) is 5.90. The van der Waals surface area contributed by atoms with Crippen LogP contribution in [0.2, 0.25) is 5.02 Å². The third-order valence-corrected chi connectivity index (χ3v) is 4.04. The van der Waals surface area contributed by atoms with E-state index in [0.29, 0.717) is 23.6 Å². The number of hydrogen-bond donors (Lipinski definition) is 3. The lowest BCUT2D eigenvalue weighted by molar-refractivity contribution is -0.124. The first kappa shape index (κ1) is 19.5. The molecule has 23 heavy (non-hydrogen) atoms. The summed E-state index contributed by atoms with van der Waals surface area (Å²) < 4.78 is 0. The van der Waals surface area contributed by atoms with Crippen molar-refractivity contribution in [2.24, 2.45) is 11.7 Å². The summed E-state index contributed by atoms with van der Waals surface area (Å²) in [7, 11) is 0. The molecule has 0 aliphatic carbocycles. The molecule has 0 bridgehead atoms. The highest BCUT2D eigenvalue weighted by molar-refractivity contribution is 6.30. The third-order valence-electron chi connectivity index (χ3n) is 3.79. The molecule has 3 atom stereocenters. The van der Waals surface area contributed by atoms with Crippen LogP contribution >= 0.6 is 11.6 Å². The summed E-state index contributed by atoms with van der Waals surface area (Å²) in [4.78, 5) is 24.7. The molecule has 0 saturated carbocycles. The molecule has 1 rings (SSSR count). The zero-order valence-electron chi connectivity index (χ0n) is 13.9. The van der Waals surface area contributed by atoms with Gasteiger partial charge in [0.1, 0.15) is 6.04 Å². The topological polar surface area (TPSA) is 84.2 Å². The fraction of sp³-hybridized carbons (Fsp3) is 0.529. The lowest BCUT2D eigenvalue weighted by atomic mass is 9.97. The van der Waals surface area contributed by atoms with Crippen LogP contribution in [0.3, 0.4) is 0 Å². The minimum Gasteiger partial charge on any atom is -0.354 e. The van der Waals surface area contributed by atoms with Crippen molar-refractivity contribution in [1.29, 1.82) is 0 Å². The van der Waals surface area contributed by atoms with Gasteiger partial charge in [0.15, 0.2) is 0 Å². The Labute approximate surface area is 143 Å². The molecule has 0 saturated heterocycles. The Balaban J connectivity index is 2.72. The first-order valence-corrected chi connectivity index (χ1v) is 8.32. The van der Waals surface area contributed by atoms with Crippen LogP contribution in [-0.4, -0.2) is 30.4 Å². The second-order valence-corrected chi connectivity index (χ2v) is 6.34. The molecular formula is C17H26ClN3O2. The lowest BCUT2D eigenvalue weighted by Crippen LogP contribution is -2.50. The van der Waals surface area contributed by atoms with Crippen LogP contribution in [-0.2, 0) is 4.79 Å². The van der Waals surface area contributed by atoms with E-state index < -0.39 is 6.04 Å². The van der Waals surface area contributed by atoms with Gasteiger partial charge in [0, 0.05) is 23.2 Å². The first-order valence-electron chi connectivity index (χ1n) is 7.94. The summed E-state index contributed by atoms with van der Waals surface area (Å²) in [5.74, 6) is -0.432. The average molecular weight is 340 g/mol. The zero-order valence-corrected chi connectivity index (χ0v) is 14.7. The standard InChI is InChI=1S/C17H26ClN3O2/c1-4-11(2)15(17(23)20-10-9-12(3)19)21-16(22)13-5-7-14(18)8-6-13/h5-8,11-12,15H,4,9-10,19H2,1-3H3,(H,20,23)(H,21,22). The smallest absolute Gasteiger partial charge is 0.251 e. The molecule has 0 aromatic heterocycles. The van der Waals surface area contributed by atoms with E-state index in [-0.39, 0.29) is 23.8 Å². The fourth-order valence-corrected chi connectivity index (χ4v) is 2.19. The van der Waals surface area contributed by atoms with Gasteiger partial charge in [-0.3, -0.25) is 9.59 Å². The van der Waals surface area contributed by atoms with Crippen molar-refractivity contribution in [3.8, 4) is 0 Å². The van der Waals surface area contributed by atoms with Gasteiger partial charge in [0.2, 0.25) is 5.91 Å². The molecule has 128 valence electrons. The number of nitrogens with one attached hydrogen (secondary N) is 2. The predicted molar refractivity (Wildman–Crippen MR) is 93.4 cm³/mol. The van der Waals surface area contributed by atoms with Crippen LogP contribution < -0.4 is 16.4 Å². The van der Waals surface area contributed by atoms with Crippen molar-refractivity contribution in [3.05, 3.63) is 34.9 Å². The molecule has 0 radical (unpaired) electrons. The molecule has 2 amide bonds. The molecule has 5 nitrogen and oxygen atoms in total. The lowest BCUT2D eigenvalue weighted by Gasteiger charge is -2.23. The molecule has 1 aromatic rings. The number of carbonyl (C=O) groups excluding carboxylic acids is 2. The van der Waals surface area contributed by atoms with Crippen molar-refractivity contribution in [2.45, 2.75) is 45.7 Å². The molecule has 4 N–H and O–H groups in total. The van der Waals surface area contributed by atoms with Crippen molar-refractivity contribution in [1.82, 2.24) is 10.6 Å². The van der Waals surface area contributed by atoms with Crippen LogP contribution in [0.15, 0.2) is 24.3 Å². The molecule has 6 heteroatoms. The number of amides is 2. The predicted octanol–water partition coefficient (Wildman–Crippen LogP) is 2.34. The summed E-state index contributed by atoms with van der Waals surface area (Å²) in [6.45, 7) is 6.32. The third kappa shape index (κ3) is 6.59. The van der Waals surface area contributed by atoms with Gasteiger partial charge in [-0.2, -0.15) is 0 Å². The molecule has 3 unspecified atom stereocenters. The van der Waals surface area contributed by atoms with Gasteiger partial charge >= 0.3 is 0 Å². The molecule has 1 aromatic carbocycles. The van der Waals surface area contributed by atoms with E-state index >= 15 is 0 Å². The van der Waals surface area contributed by atoms with Crippen LogP contribution in [0.4, 0.5) is 0 Å². The van der Waals surface area contributed by atoms with Gasteiger partial charge < -0.3 is 16.4 Å². The Morgan fingerprint density at radius 1 is 1.22 bits per heavy atom. The van der Waals surface area contributed by atoms with Crippen molar-refractivity contribution in [2.75, 3.05) is 6.54 Å². The Bertz CT molecular complexity index is 517. The number of nitrogens with two attached hydrogens (primary N) is 1. The first-order chi connectivity index (χ1) is 10.8. The molecular weight excluding hydrogens is 314 g/mol. The maximum atomic E-state index is 12.4. The van der Waals surface area contributed by atoms with Gasteiger partial charge in [0.25, 0.3) is 5.91 Å². The van der Waals surface area contributed by atoms with Crippen LogP contribution in [0.5, 0.6) is 0 Å². The number of benzene rings is 1. The van der Waals surface area contributed by atoms with E-state index in [4.69, 9.17) is 17.3 Å². The Kier molecular flexibility index (Phi) is 8.06. The fourth-order valence-electron chi connectivity index (χ4n) is 2.06. The maximum absolute atomic E-state index is 12.4. The molecule has 0 aliphatic rings. The number of rotatable bonds is 8. The second kappa shape index (κ2) is 9.53. The van der Waals surface area contributed by atoms with Gasteiger partial charge in [-0.05, 0) is 43.5 Å². The number of halogens is 1. The van der Waals surface area contributed by atoms with E-state index in [1.165, 1.54) is 0 Å². The summed E-state index contributed by atoms with van der Waals surface area (Å²) in [5, 5.41) is 6.22. The normalized spacial score (nSPS) is 14.7. The summed E-state index contributed by atoms with van der Waals surface area (Å²) >= 11 is 5.82. The highest BCUT2D eigenvalue weighted by Crippen LogP contribution is 2.12. The zero-order chi connectivity index (χ0) is 17.4. The SMILES string of the molecule is CCC(C)C(NC(=O)c1ccc(Cl)cc1)C(=O)NCCC(C)N. The van der Waals surface area contributed by atoms with E-state index in [1.54, 1.807) is 24.3 Å². The van der Waals surface area contributed by atoms with Crippen LogP contribution in [0.25, 0.3) is 0 Å². The monoisotopic (exact) mass is 339 g/mol. The van der Waals surface area contributed by atoms with Crippen molar-refractivity contribution >= 4 is 23.4 Å². The molecule has 0 heterocycles. The summed E-state index contributed by atoms with van der Waals surface area (Å²) in [5.41, 5.74) is 6.16. The largest absolute Gasteiger partial charge is 0.354 e. The number of carbonyl (C=O) groups is 2. The van der Waals surface area contributed by atoms with E-state index in [0.717, 1.165) is 6.42 Å². The highest BCUT2D eigenvalue weighted by atomic mass is 35.5. The molecule has 0 spiro atoms. The number of hydrogen-bond acceptors (Lipinski definition) is 3. The van der Waals surface area contributed by atoms with Gasteiger partial charge in [-0.25, -0.2) is 0 Å². The molecule has 0 fully saturated rings. The quantitative estimate of drug-likeness (QED) is 0.679. The minimum absolute atomic E-state index is 0.0287. The van der Waals surface area contributed by atoms with Crippen molar-refractivity contribution < 1.29 is 9.59 Å². The van der Waals surface area contributed by atoms with Gasteiger partial charge in [0.05, 0.1) is 0 Å². The van der Waals surface area contributed by atoms with E-state index in [2.05, 4.69) is 10.6 Å². The summed E-state index contributed by atoms with van der Waals surface area (Å²) in [6, 6.07) is 6.03. The van der Waals surface area contributed by atoms with Crippen LogP contribution in [0, 0.1) is 5.92 Å². The maximum Gasteiger partial charge on any atom is 0.251 e. The average Bonchev–Trinajstić information content (AvgIpc) is 2.51. The van der Waals surface area contributed by atoms with Crippen LogP contribution in [0.1, 0.15) is 44.0 Å². The van der Waals surface area contributed by atoms with Crippen molar-refractivity contribution in [3.63, 3.8) is 0 Å².